The molecule has 0 spiro atoms. The first-order chi connectivity index (χ1) is 5.66. The summed E-state index contributed by atoms with van der Waals surface area (Å²) in [5.41, 5.74) is 9.59. The van der Waals surface area contributed by atoms with Gasteiger partial charge in [-0.2, -0.15) is 0 Å². The summed E-state index contributed by atoms with van der Waals surface area (Å²) in [4.78, 5) is 0. The molecular formula is C10H16N2. The molecule has 2 nitrogen and oxygen atoms in total. The molecule has 0 aliphatic carbocycles. The highest BCUT2D eigenvalue weighted by atomic mass is 15.0. The molecule has 2 heteroatoms. The summed E-state index contributed by atoms with van der Waals surface area (Å²) in [6.45, 7) is 4.17. The molecule has 0 aromatic heterocycles. The van der Waals surface area contributed by atoms with Crippen LogP contribution in [0.4, 0.5) is 0 Å². The molecule has 1 aromatic carbocycles. The van der Waals surface area contributed by atoms with Crippen molar-refractivity contribution in [3.8, 4) is 0 Å². The number of rotatable bonds is 2. The van der Waals surface area contributed by atoms with Gasteiger partial charge in [-0.25, -0.2) is 0 Å². The van der Waals surface area contributed by atoms with Crippen molar-refractivity contribution >= 4 is 0 Å². The van der Waals surface area contributed by atoms with E-state index in [0.717, 1.165) is 0 Å². The van der Waals surface area contributed by atoms with Gasteiger partial charge in [-0.05, 0) is 37.6 Å². The lowest BCUT2D eigenvalue weighted by Gasteiger charge is -2.16. The van der Waals surface area contributed by atoms with Crippen molar-refractivity contribution in [1.29, 1.82) is 0 Å². The molecule has 0 fully saturated rings. The lowest BCUT2D eigenvalue weighted by atomic mass is 10.0. The van der Waals surface area contributed by atoms with Gasteiger partial charge in [0, 0.05) is 0 Å². The Morgan fingerprint density at radius 3 is 2.17 bits per heavy atom. The second-order valence-corrected chi connectivity index (χ2v) is 3.07. The fraction of sp³-hybridized carbons (Fsp3) is 0.400. The number of nitrogens with one attached hydrogen (secondary N) is 1. The van der Waals surface area contributed by atoms with Crippen molar-refractivity contribution in [2.45, 2.75) is 20.0 Å². The minimum Gasteiger partial charge on any atom is -0.312 e. The van der Waals surface area contributed by atoms with Crippen LogP contribution in [0.15, 0.2) is 18.2 Å². The van der Waals surface area contributed by atoms with E-state index in [-0.39, 0.29) is 6.17 Å². The Labute approximate surface area is 73.8 Å². The molecule has 0 aliphatic rings. The van der Waals surface area contributed by atoms with Crippen molar-refractivity contribution in [3.63, 3.8) is 0 Å². The van der Waals surface area contributed by atoms with Crippen LogP contribution in [0.1, 0.15) is 22.9 Å². The van der Waals surface area contributed by atoms with Gasteiger partial charge in [-0.3, -0.25) is 0 Å². The topological polar surface area (TPSA) is 38.0 Å². The van der Waals surface area contributed by atoms with Gasteiger partial charge in [0.2, 0.25) is 0 Å². The maximum atomic E-state index is 5.88. The lowest BCUT2D eigenvalue weighted by molar-refractivity contribution is 0.615. The van der Waals surface area contributed by atoms with Crippen LogP contribution in [-0.4, -0.2) is 7.05 Å². The molecule has 0 amide bonds. The van der Waals surface area contributed by atoms with E-state index in [4.69, 9.17) is 5.73 Å². The number of nitrogens with two attached hydrogens (primary N) is 1. The van der Waals surface area contributed by atoms with Gasteiger partial charge in [0.25, 0.3) is 0 Å². The van der Waals surface area contributed by atoms with Crippen LogP contribution in [0.5, 0.6) is 0 Å². The van der Waals surface area contributed by atoms with Gasteiger partial charge < -0.3 is 11.1 Å². The van der Waals surface area contributed by atoms with E-state index in [2.05, 4.69) is 37.4 Å². The molecule has 1 rings (SSSR count). The molecule has 0 saturated heterocycles. The molecule has 0 bridgehead atoms. The molecule has 12 heavy (non-hydrogen) atoms. The number of aryl methyl sites for hydroxylation is 2. The SMILES string of the molecule is CNC(N)c1c(C)cccc1C. The standard InChI is InChI=1S/C10H16N2/c1-7-5-4-6-8(2)9(7)10(11)12-3/h4-6,10,12H,11H2,1-3H3. The van der Waals surface area contributed by atoms with Crippen molar-refractivity contribution in [3.05, 3.63) is 34.9 Å². The Kier molecular flexibility index (Phi) is 2.84. The fourth-order valence-corrected chi connectivity index (χ4v) is 1.46. The third-order valence-electron chi connectivity index (χ3n) is 2.16. The summed E-state index contributed by atoms with van der Waals surface area (Å²) in [5, 5.41) is 3.04. The Balaban J connectivity index is 3.12. The Hall–Kier alpha value is -0.860. The number of hydrogen-bond acceptors (Lipinski definition) is 2. The second-order valence-electron chi connectivity index (χ2n) is 3.07. The Bertz CT molecular complexity index is 248. The van der Waals surface area contributed by atoms with E-state index < -0.39 is 0 Å². The summed E-state index contributed by atoms with van der Waals surface area (Å²) < 4.78 is 0. The molecule has 1 aromatic rings. The summed E-state index contributed by atoms with van der Waals surface area (Å²) in [6.07, 6.45) is -0.0498. The number of benzene rings is 1. The summed E-state index contributed by atoms with van der Waals surface area (Å²) in [6, 6.07) is 6.22. The zero-order valence-electron chi connectivity index (χ0n) is 7.89. The number of hydrogen-bond donors (Lipinski definition) is 2. The summed E-state index contributed by atoms with van der Waals surface area (Å²) >= 11 is 0. The molecule has 1 unspecified atom stereocenters. The maximum Gasteiger partial charge on any atom is 0.0812 e. The van der Waals surface area contributed by atoms with Crippen LogP contribution in [-0.2, 0) is 0 Å². The zero-order chi connectivity index (χ0) is 9.14. The highest BCUT2D eigenvalue weighted by Crippen LogP contribution is 2.17. The van der Waals surface area contributed by atoms with Gasteiger partial charge in [0.15, 0.2) is 0 Å². The van der Waals surface area contributed by atoms with E-state index in [0.29, 0.717) is 0 Å². The predicted molar refractivity (Wildman–Crippen MR) is 51.9 cm³/mol. The van der Waals surface area contributed by atoms with Gasteiger partial charge >= 0.3 is 0 Å². The second kappa shape index (κ2) is 3.70. The van der Waals surface area contributed by atoms with E-state index in [9.17, 15) is 0 Å². The van der Waals surface area contributed by atoms with E-state index in [1.54, 1.807) is 0 Å². The molecular weight excluding hydrogens is 148 g/mol. The van der Waals surface area contributed by atoms with Crippen LogP contribution in [0.25, 0.3) is 0 Å². The molecule has 1 atom stereocenters. The monoisotopic (exact) mass is 164 g/mol. The maximum absolute atomic E-state index is 5.88. The first-order valence-corrected chi connectivity index (χ1v) is 4.15. The van der Waals surface area contributed by atoms with Crippen LogP contribution >= 0.6 is 0 Å². The quantitative estimate of drug-likeness (QED) is 0.650. The summed E-state index contributed by atoms with van der Waals surface area (Å²) in [7, 11) is 1.87. The fourth-order valence-electron chi connectivity index (χ4n) is 1.46. The van der Waals surface area contributed by atoms with Crippen LogP contribution in [0, 0.1) is 13.8 Å². The van der Waals surface area contributed by atoms with E-state index in [1.165, 1.54) is 16.7 Å². The van der Waals surface area contributed by atoms with Crippen LogP contribution < -0.4 is 11.1 Å². The third-order valence-corrected chi connectivity index (χ3v) is 2.16. The molecule has 0 radical (unpaired) electrons. The average molecular weight is 164 g/mol. The smallest absolute Gasteiger partial charge is 0.0812 e. The average Bonchev–Trinajstić information content (AvgIpc) is 2.03. The first kappa shape index (κ1) is 9.23. The minimum absolute atomic E-state index is 0.0498. The molecule has 0 aliphatic heterocycles. The Morgan fingerprint density at radius 2 is 1.75 bits per heavy atom. The predicted octanol–water partition coefficient (Wildman–Crippen LogP) is 1.48. The Morgan fingerprint density at radius 1 is 1.25 bits per heavy atom. The third kappa shape index (κ3) is 1.65. The normalized spacial score (nSPS) is 13.0. The van der Waals surface area contributed by atoms with Gasteiger partial charge in [-0.1, -0.05) is 18.2 Å². The van der Waals surface area contributed by atoms with Crippen LogP contribution in [0.2, 0.25) is 0 Å². The molecule has 0 saturated carbocycles. The van der Waals surface area contributed by atoms with Gasteiger partial charge in [0.1, 0.15) is 0 Å². The molecule has 0 heterocycles. The van der Waals surface area contributed by atoms with Crippen molar-refractivity contribution in [1.82, 2.24) is 5.32 Å². The van der Waals surface area contributed by atoms with E-state index >= 15 is 0 Å². The summed E-state index contributed by atoms with van der Waals surface area (Å²) in [5.74, 6) is 0. The molecule has 66 valence electrons. The van der Waals surface area contributed by atoms with Crippen LogP contribution in [0.3, 0.4) is 0 Å². The largest absolute Gasteiger partial charge is 0.312 e. The highest BCUT2D eigenvalue weighted by Gasteiger charge is 2.07. The lowest BCUT2D eigenvalue weighted by Crippen LogP contribution is -2.26. The molecule has 3 N–H and O–H groups in total. The van der Waals surface area contributed by atoms with Crippen molar-refractivity contribution in [2.24, 2.45) is 5.73 Å². The van der Waals surface area contributed by atoms with Crippen molar-refractivity contribution in [2.75, 3.05) is 7.05 Å². The van der Waals surface area contributed by atoms with Gasteiger partial charge in [-0.15, -0.1) is 0 Å². The first-order valence-electron chi connectivity index (χ1n) is 4.15. The zero-order valence-corrected chi connectivity index (χ0v) is 7.89. The van der Waals surface area contributed by atoms with E-state index in [1.807, 2.05) is 7.05 Å². The highest BCUT2D eigenvalue weighted by molar-refractivity contribution is 5.35. The van der Waals surface area contributed by atoms with Gasteiger partial charge in [0.05, 0.1) is 6.17 Å². The van der Waals surface area contributed by atoms with Crippen molar-refractivity contribution < 1.29 is 0 Å². The minimum atomic E-state index is -0.0498.